The Labute approximate surface area is 94.2 Å². The second-order valence-electron chi connectivity index (χ2n) is 3.49. The largest absolute Gasteiger partial charge is 0.469 e. The van der Waals surface area contributed by atoms with Crippen LogP contribution in [0.5, 0.6) is 0 Å². The van der Waals surface area contributed by atoms with Gasteiger partial charge in [-0.1, -0.05) is 0 Å². The lowest BCUT2D eigenvalue weighted by atomic mass is 9.97. The van der Waals surface area contributed by atoms with E-state index in [-0.39, 0.29) is 30.8 Å². The summed E-state index contributed by atoms with van der Waals surface area (Å²) in [6, 6.07) is 0. The van der Waals surface area contributed by atoms with Crippen molar-refractivity contribution in [3.8, 4) is 0 Å². The molecule has 0 radical (unpaired) electrons. The summed E-state index contributed by atoms with van der Waals surface area (Å²) in [5.74, 6) is -0.324. The van der Waals surface area contributed by atoms with Crippen LogP contribution in [0.25, 0.3) is 0 Å². The molecule has 0 aromatic carbocycles. The number of alkyl halides is 2. The zero-order chi connectivity index (χ0) is 10.6. The third-order valence-corrected chi connectivity index (χ3v) is 2.52. The van der Waals surface area contributed by atoms with Crippen molar-refractivity contribution in [3.63, 3.8) is 0 Å². The molecule has 1 fully saturated rings. The van der Waals surface area contributed by atoms with Crippen LogP contribution in [0.15, 0.2) is 0 Å². The van der Waals surface area contributed by atoms with Crippen molar-refractivity contribution in [2.45, 2.75) is 19.3 Å². The van der Waals surface area contributed by atoms with Gasteiger partial charge in [-0.15, -0.1) is 12.4 Å². The molecular formula is C9H16ClF2NO2. The van der Waals surface area contributed by atoms with Gasteiger partial charge in [0.15, 0.2) is 0 Å². The number of hydrogen-bond donors (Lipinski definition) is 0. The summed E-state index contributed by atoms with van der Waals surface area (Å²) >= 11 is 0. The molecule has 3 nitrogen and oxygen atoms in total. The first kappa shape index (κ1) is 14.6. The molecule has 0 unspecified atom stereocenters. The summed E-state index contributed by atoms with van der Waals surface area (Å²) in [6.45, 7) is 0.933. The third kappa shape index (κ3) is 4.75. The summed E-state index contributed by atoms with van der Waals surface area (Å²) in [6.07, 6.45) is -1.04. The lowest BCUT2D eigenvalue weighted by Gasteiger charge is -2.30. The summed E-state index contributed by atoms with van der Waals surface area (Å²) in [4.78, 5) is 12.8. The highest BCUT2D eigenvalue weighted by Gasteiger charge is 2.26. The van der Waals surface area contributed by atoms with Gasteiger partial charge in [-0.25, -0.2) is 8.78 Å². The van der Waals surface area contributed by atoms with E-state index in [1.54, 1.807) is 4.90 Å². The van der Waals surface area contributed by atoms with Crippen molar-refractivity contribution in [1.29, 1.82) is 0 Å². The Hall–Kier alpha value is -0.420. The molecule has 0 N–H and O–H groups in total. The normalized spacial score (nSPS) is 18.7. The number of rotatable bonds is 3. The molecule has 1 heterocycles. The van der Waals surface area contributed by atoms with E-state index in [9.17, 15) is 13.6 Å². The highest BCUT2D eigenvalue weighted by atomic mass is 35.5. The van der Waals surface area contributed by atoms with E-state index in [0.717, 1.165) is 0 Å². The molecule has 1 aliphatic rings. The van der Waals surface area contributed by atoms with Gasteiger partial charge < -0.3 is 4.74 Å². The van der Waals surface area contributed by atoms with Gasteiger partial charge in [0.05, 0.1) is 19.6 Å². The number of methoxy groups -OCH3 is 1. The Morgan fingerprint density at radius 2 is 2.00 bits per heavy atom. The maximum atomic E-state index is 12.0. The molecule has 1 saturated heterocycles. The summed E-state index contributed by atoms with van der Waals surface area (Å²) in [5.41, 5.74) is 0. The first-order valence-electron chi connectivity index (χ1n) is 4.72. The second kappa shape index (κ2) is 6.95. The number of ether oxygens (including phenoxy) is 1. The fourth-order valence-electron chi connectivity index (χ4n) is 1.71. The summed E-state index contributed by atoms with van der Waals surface area (Å²) in [5, 5.41) is 0. The number of carbonyl (C=O) groups excluding carboxylic acids is 1. The molecule has 0 atom stereocenters. The van der Waals surface area contributed by atoms with Crippen molar-refractivity contribution in [1.82, 2.24) is 4.90 Å². The Balaban J connectivity index is 0.00000196. The minimum Gasteiger partial charge on any atom is -0.469 e. The number of likely N-dealkylation sites (tertiary alicyclic amines) is 1. The van der Waals surface area contributed by atoms with Gasteiger partial charge in [-0.2, -0.15) is 0 Å². The standard InChI is InChI=1S/C9H15F2NO2.ClH/c1-14-9(13)7-2-4-12(5-3-7)6-8(10)11;/h7-8H,2-6H2,1H3;1H. The van der Waals surface area contributed by atoms with Gasteiger partial charge in [-0.05, 0) is 25.9 Å². The number of piperidine rings is 1. The van der Waals surface area contributed by atoms with Gasteiger partial charge in [-0.3, -0.25) is 9.69 Å². The van der Waals surface area contributed by atoms with Crippen molar-refractivity contribution in [2.24, 2.45) is 5.92 Å². The van der Waals surface area contributed by atoms with Crippen molar-refractivity contribution in [2.75, 3.05) is 26.7 Å². The van der Waals surface area contributed by atoms with E-state index in [2.05, 4.69) is 4.74 Å². The monoisotopic (exact) mass is 243 g/mol. The fraction of sp³-hybridized carbons (Fsp3) is 0.889. The molecule has 0 amide bonds. The Bertz CT molecular complexity index is 197. The van der Waals surface area contributed by atoms with Gasteiger partial charge in [0.25, 0.3) is 6.43 Å². The van der Waals surface area contributed by atoms with Crippen LogP contribution in [0.4, 0.5) is 8.78 Å². The Morgan fingerprint density at radius 3 is 2.40 bits per heavy atom. The van der Waals surface area contributed by atoms with E-state index in [0.29, 0.717) is 25.9 Å². The van der Waals surface area contributed by atoms with Crippen LogP contribution in [0.3, 0.4) is 0 Å². The predicted octanol–water partition coefficient (Wildman–Crippen LogP) is 1.56. The van der Waals surface area contributed by atoms with E-state index < -0.39 is 6.43 Å². The lowest BCUT2D eigenvalue weighted by molar-refractivity contribution is -0.147. The Kier molecular flexibility index (Phi) is 6.76. The molecule has 0 spiro atoms. The molecule has 1 rings (SSSR count). The zero-order valence-corrected chi connectivity index (χ0v) is 9.43. The molecule has 90 valence electrons. The van der Waals surface area contributed by atoms with E-state index in [4.69, 9.17) is 0 Å². The minimum atomic E-state index is -2.29. The summed E-state index contributed by atoms with van der Waals surface area (Å²) in [7, 11) is 1.36. The number of carbonyl (C=O) groups is 1. The van der Waals surface area contributed by atoms with Gasteiger partial charge in [0.1, 0.15) is 0 Å². The smallest absolute Gasteiger partial charge is 0.308 e. The first-order chi connectivity index (χ1) is 6.63. The Morgan fingerprint density at radius 1 is 1.47 bits per heavy atom. The molecule has 0 aromatic heterocycles. The first-order valence-corrected chi connectivity index (χ1v) is 4.72. The molecule has 0 aliphatic carbocycles. The minimum absolute atomic E-state index is 0. The lowest BCUT2D eigenvalue weighted by Crippen LogP contribution is -2.39. The van der Waals surface area contributed by atoms with Crippen LogP contribution in [0.1, 0.15) is 12.8 Å². The van der Waals surface area contributed by atoms with E-state index in [1.807, 2.05) is 0 Å². The maximum absolute atomic E-state index is 12.0. The molecular weight excluding hydrogens is 228 g/mol. The molecule has 0 bridgehead atoms. The van der Waals surface area contributed by atoms with Gasteiger partial charge in [0, 0.05) is 0 Å². The highest BCUT2D eigenvalue weighted by molar-refractivity contribution is 5.85. The maximum Gasteiger partial charge on any atom is 0.308 e. The van der Waals surface area contributed by atoms with Crippen molar-refractivity contribution < 1.29 is 18.3 Å². The average Bonchev–Trinajstić information content (AvgIpc) is 2.17. The molecule has 15 heavy (non-hydrogen) atoms. The SMILES string of the molecule is COC(=O)C1CCN(CC(F)F)CC1.Cl. The van der Waals surface area contributed by atoms with Gasteiger partial charge >= 0.3 is 5.97 Å². The van der Waals surface area contributed by atoms with Crippen LogP contribution in [-0.2, 0) is 9.53 Å². The second-order valence-corrected chi connectivity index (χ2v) is 3.49. The molecule has 0 saturated carbocycles. The van der Waals surface area contributed by atoms with Crippen LogP contribution in [-0.4, -0.2) is 44.0 Å². The van der Waals surface area contributed by atoms with Crippen LogP contribution < -0.4 is 0 Å². The topological polar surface area (TPSA) is 29.5 Å². The third-order valence-electron chi connectivity index (χ3n) is 2.52. The number of hydrogen-bond acceptors (Lipinski definition) is 3. The number of halogens is 3. The van der Waals surface area contributed by atoms with Crippen LogP contribution in [0, 0.1) is 5.92 Å². The molecule has 0 aromatic rings. The zero-order valence-electron chi connectivity index (χ0n) is 8.62. The van der Waals surface area contributed by atoms with Gasteiger partial charge in [0.2, 0.25) is 0 Å². The average molecular weight is 244 g/mol. The van der Waals surface area contributed by atoms with Crippen LogP contribution in [0.2, 0.25) is 0 Å². The number of esters is 1. The van der Waals surface area contributed by atoms with E-state index >= 15 is 0 Å². The quantitative estimate of drug-likeness (QED) is 0.705. The van der Waals surface area contributed by atoms with E-state index in [1.165, 1.54) is 7.11 Å². The molecule has 1 aliphatic heterocycles. The molecule has 6 heteroatoms. The van der Waals surface area contributed by atoms with Crippen molar-refractivity contribution in [3.05, 3.63) is 0 Å². The number of nitrogens with zero attached hydrogens (tertiary/aromatic N) is 1. The van der Waals surface area contributed by atoms with Crippen molar-refractivity contribution >= 4 is 18.4 Å². The predicted molar refractivity (Wildman–Crippen MR) is 54.4 cm³/mol. The fourth-order valence-corrected chi connectivity index (χ4v) is 1.71. The van der Waals surface area contributed by atoms with Crippen LogP contribution >= 0.6 is 12.4 Å². The highest BCUT2D eigenvalue weighted by Crippen LogP contribution is 2.18. The summed E-state index contributed by atoms with van der Waals surface area (Å²) < 4.78 is 28.6.